The summed E-state index contributed by atoms with van der Waals surface area (Å²) >= 11 is 0. The van der Waals surface area contributed by atoms with Crippen LogP contribution >= 0.6 is 0 Å². The lowest BCUT2D eigenvalue weighted by Gasteiger charge is -2.37. The number of likely N-dealkylation sites (tertiary alicyclic amines) is 1. The fourth-order valence-corrected chi connectivity index (χ4v) is 5.92. The van der Waals surface area contributed by atoms with E-state index < -0.39 is 0 Å². The predicted octanol–water partition coefficient (Wildman–Crippen LogP) is 3.60. The molecule has 35 heavy (non-hydrogen) atoms. The van der Waals surface area contributed by atoms with Crippen LogP contribution in [-0.2, 0) is 11.2 Å². The molecule has 1 amide bonds. The van der Waals surface area contributed by atoms with E-state index in [2.05, 4.69) is 104 Å². The Kier molecular flexibility index (Phi) is 6.17. The molecule has 2 fully saturated rings. The lowest BCUT2D eigenvalue weighted by molar-refractivity contribution is -0.132. The summed E-state index contributed by atoms with van der Waals surface area (Å²) in [5.41, 5.74) is 9.66. The zero-order valence-corrected chi connectivity index (χ0v) is 20.1. The Bertz CT molecular complexity index is 1080. The molecule has 4 aliphatic heterocycles. The van der Waals surface area contributed by atoms with Gasteiger partial charge in [-0.15, -0.1) is 0 Å². The minimum atomic E-state index is 0.0973. The lowest BCUT2D eigenvalue weighted by Crippen LogP contribution is -2.54. The molecule has 2 N–H and O–H groups in total. The van der Waals surface area contributed by atoms with Crippen molar-refractivity contribution < 1.29 is 4.79 Å². The van der Waals surface area contributed by atoms with Gasteiger partial charge in [-0.2, -0.15) is 5.10 Å². The van der Waals surface area contributed by atoms with E-state index in [4.69, 9.17) is 0 Å². The van der Waals surface area contributed by atoms with Gasteiger partial charge in [-0.3, -0.25) is 10.2 Å². The molecule has 2 saturated heterocycles. The number of hydrogen-bond donors (Lipinski definition) is 2. The third kappa shape index (κ3) is 4.65. The largest absolute Gasteiger partial charge is 0.343 e. The minimum Gasteiger partial charge on any atom is -0.343 e. The topological polar surface area (TPSA) is 63.2 Å². The van der Waals surface area contributed by atoms with Crippen molar-refractivity contribution in [3.05, 3.63) is 84.2 Å². The molecule has 0 saturated carbocycles. The highest BCUT2D eigenvalue weighted by Crippen LogP contribution is 2.34. The van der Waals surface area contributed by atoms with Crippen molar-refractivity contribution in [3.63, 3.8) is 0 Å². The quantitative estimate of drug-likeness (QED) is 0.676. The SMILES string of the molecule is O=C(CCC1=NNC2C3CC(c4ccccc4)NN3C=CN12)N1CCC(Cc2ccccc2)CC1. The van der Waals surface area contributed by atoms with Crippen molar-refractivity contribution in [3.8, 4) is 0 Å². The zero-order chi connectivity index (χ0) is 23.6. The number of piperidine rings is 1. The third-order valence-corrected chi connectivity index (χ3v) is 7.91. The summed E-state index contributed by atoms with van der Waals surface area (Å²) in [6.45, 7) is 1.74. The summed E-state index contributed by atoms with van der Waals surface area (Å²) in [7, 11) is 0. The van der Waals surface area contributed by atoms with E-state index in [0.29, 0.717) is 24.8 Å². The first-order valence-electron chi connectivity index (χ1n) is 12.9. The Morgan fingerprint density at radius 2 is 1.71 bits per heavy atom. The van der Waals surface area contributed by atoms with Gasteiger partial charge in [0.15, 0.2) is 0 Å². The Morgan fingerprint density at radius 3 is 2.49 bits per heavy atom. The minimum absolute atomic E-state index is 0.0973. The Hall–Kier alpha value is -3.32. The molecular formula is C28H34N6O. The van der Waals surface area contributed by atoms with Crippen molar-refractivity contribution in [1.82, 2.24) is 25.7 Å². The molecule has 4 aliphatic rings. The zero-order valence-electron chi connectivity index (χ0n) is 20.1. The van der Waals surface area contributed by atoms with Gasteiger partial charge >= 0.3 is 0 Å². The molecule has 0 bridgehead atoms. The average Bonchev–Trinajstić information content (AvgIpc) is 3.53. The summed E-state index contributed by atoms with van der Waals surface area (Å²) in [5.74, 6) is 1.89. The van der Waals surface area contributed by atoms with Crippen LogP contribution in [0.3, 0.4) is 0 Å². The van der Waals surface area contributed by atoms with Crippen LogP contribution in [0.15, 0.2) is 78.2 Å². The Balaban J connectivity index is 0.986. The van der Waals surface area contributed by atoms with Gasteiger partial charge in [-0.25, -0.2) is 5.43 Å². The summed E-state index contributed by atoms with van der Waals surface area (Å²) < 4.78 is 0. The molecule has 4 heterocycles. The number of rotatable bonds is 6. The molecule has 0 aromatic heterocycles. The maximum absolute atomic E-state index is 13.0. The fraction of sp³-hybridized carbons (Fsp3) is 0.429. The highest BCUT2D eigenvalue weighted by atomic mass is 16.2. The normalized spacial score (nSPS) is 25.8. The maximum atomic E-state index is 13.0. The number of hydrogen-bond acceptors (Lipinski definition) is 6. The number of carbonyl (C=O) groups is 1. The number of carbonyl (C=O) groups excluding carboxylic acids is 1. The summed E-state index contributed by atoms with van der Waals surface area (Å²) in [5, 5.41) is 6.83. The van der Waals surface area contributed by atoms with Crippen LogP contribution < -0.4 is 10.9 Å². The monoisotopic (exact) mass is 470 g/mol. The van der Waals surface area contributed by atoms with Crippen molar-refractivity contribution >= 4 is 11.7 Å². The smallest absolute Gasteiger partial charge is 0.223 e. The summed E-state index contributed by atoms with van der Waals surface area (Å²) in [4.78, 5) is 17.2. The molecule has 2 aromatic rings. The number of hydrazone groups is 1. The Labute approximate surface area is 207 Å². The van der Waals surface area contributed by atoms with Crippen LogP contribution in [0.5, 0.6) is 0 Å². The number of amides is 1. The van der Waals surface area contributed by atoms with Crippen molar-refractivity contribution in [2.75, 3.05) is 13.1 Å². The molecule has 6 rings (SSSR count). The average molecular weight is 471 g/mol. The van der Waals surface area contributed by atoms with Gasteiger partial charge in [-0.05, 0) is 42.7 Å². The molecule has 182 valence electrons. The molecule has 0 radical (unpaired) electrons. The summed E-state index contributed by atoms with van der Waals surface area (Å²) in [6, 6.07) is 21.9. The molecule has 0 spiro atoms. The van der Waals surface area contributed by atoms with Crippen LogP contribution in [0.1, 0.15) is 49.3 Å². The second-order valence-corrected chi connectivity index (χ2v) is 10.1. The van der Waals surface area contributed by atoms with E-state index >= 15 is 0 Å². The third-order valence-electron chi connectivity index (χ3n) is 7.91. The first kappa shape index (κ1) is 22.2. The second kappa shape index (κ2) is 9.74. The highest BCUT2D eigenvalue weighted by molar-refractivity contribution is 5.89. The van der Waals surface area contributed by atoms with Gasteiger partial charge in [-0.1, -0.05) is 60.7 Å². The van der Waals surface area contributed by atoms with Gasteiger partial charge in [0.1, 0.15) is 12.0 Å². The highest BCUT2D eigenvalue weighted by Gasteiger charge is 2.44. The number of nitrogens with one attached hydrogen (secondary N) is 2. The molecule has 2 aromatic carbocycles. The van der Waals surface area contributed by atoms with E-state index in [1.54, 1.807) is 0 Å². The maximum Gasteiger partial charge on any atom is 0.223 e. The van der Waals surface area contributed by atoms with E-state index in [0.717, 1.165) is 44.6 Å². The van der Waals surface area contributed by atoms with Crippen LogP contribution in [-0.4, -0.2) is 51.8 Å². The Morgan fingerprint density at radius 1 is 0.971 bits per heavy atom. The van der Waals surface area contributed by atoms with Gasteiger partial charge in [0.05, 0.1) is 12.1 Å². The second-order valence-electron chi connectivity index (χ2n) is 10.1. The van der Waals surface area contributed by atoms with E-state index in [-0.39, 0.29) is 18.1 Å². The van der Waals surface area contributed by atoms with Crippen LogP contribution in [0.2, 0.25) is 0 Å². The standard InChI is InChI=1S/C28H34N6O/c35-27(32-15-13-22(14-16-32)19-21-7-3-1-4-8-21)12-11-26-29-30-28-25-20-24(23-9-5-2-6-10-23)31-34(25)18-17-33(26)28/h1-10,17-18,22,24-25,28,30-31H,11-16,19-20H2. The van der Waals surface area contributed by atoms with Crippen molar-refractivity contribution in [1.29, 1.82) is 0 Å². The van der Waals surface area contributed by atoms with E-state index in [1.807, 2.05) is 0 Å². The first-order valence-corrected chi connectivity index (χ1v) is 12.9. The number of fused-ring (bicyclic) bond motifs is 3. The van der Waals surface area contributed by atoms with Gasteiger partial charge in [0, 0.05) is 38.3 Å². The molecular weight excluding hydrogens is 436 g/mol. The van der Waals surface area contributed by atoms with Gasteiger partial charge in [0.25, 0.3) is 0 Å². The first-order chi connectivity index (χ1) is 17.2. The number of hydrazine groups is 1. The number of nitrogens with zero attached hydrogens (tertiary/aromatic N) is 4. The molecule has 3 unspecified atom stereocenters. The fourth-order valence-electron chi connectivity index (χ4n) is 5.92. The molecule has 7 nitrogen and oxygen atoms in total. The van der Waals surface area contributed by atoms with Crippen molar-refractivity contribution in [2.45, 2.75) is 56.8 Å². The van der Waals surface area contributed by atoms with E-state index in [1.165, 1.54) is 11.1 Å². The molecule has 0 aliphatic carbocycles. The molecule has 7 heteroatoms. The lowest BCUT2D eigenvalue weighted by atomic mass is 9.90. The number of amidine groups is 1. The van der Waals surface area contributed by atoms with E-state index in [9.17, 15) is 4.79 Å². The molecule has 3 atom stereocenters. The van der Waals surface area contributed by atoms with Gasteiger partial charge < -0.3 is 14.8 Å². The van der Waals surface area contributed by atoms with Crippen LogP contribution in [0, 0.1) is 5.92 Å². The summed E-state index contributed by atoms with van der Waals surface area (Å²) in [6.07, 6.45) is 9.76. The van der Waals surface area contributed by atoms with Crippen LogP contribution in [0.25, 0.3) is 0 Å². The number of benzene rings is 2. The van der Waals surface area contributed by atoms with Crippen molar-refractivity contribution in [2.24, 2.45) is 11.0 Å². The van der Waals surface area contributed by atoms with Gasteiger partial charge in [0.2, 0.25) is 5.91 Å². The predicted molar refractivity (Wildman–Crippen MR) is 137 cm³/mol. The van der Waals surface area contributed by atoms with Crippen LogP contribution in [0.4, 0.5) is 0 Å².